The molecule has 1 atom stereocenters. The summed E-state index contributed by atoms with van der Waals surface area (Å²) in [6, 6.07) is 12.3. The zero-order valence-electron chi connectivity index (χ0n) is 15.8. The topological polar surface area (TPSA) is 61.8 Å². The minimum atomic E-state index is -0.220. The van der Waals surface area contributed by atoms with Gasteiger partial charge in [-0.25, -0.2) is 5.01 Å². The molecule has 0 saturated heterocycles. The molecule has 0 bridgehead atoms. The number of amides is 2. The predicted octanol–water partition coefficient (Wildman–Crippen LogP) is 3.90. The molecule has 1 aliphatic heterocycles. The molecule has 0 fully saturated rings. The minimum absolute atomic E-state index is 0.0657. The van der Waals surface area contributed by atoms with E-state index in [0.29, 0.717) is 18.6 Å². The second-order valence-electron chi connectivity index (χ2n) is 6.73. The number of hydrogen-bond donors (Lipinski definition) is 1. The Morgan fingerprint density at radius 2 is 2.04 bits per heavy atom. The summed E-state index contributed by atoms with van der Waals surface area (Å²) in [5.41, 5.74) is 2.76. The number of nitrogens with one attached hydrogen (secondary N) is 1. The van der Waals surface area contributed by atoms with Gasteiger partial charge in [-0.15, -0.1) is 11.3 Å². The van der Waals surface area contributed by atoms with Crippen LogP contribution in [-0.4, -0.2) is 29.6 Å². The second kappa shape index (κ2) is 8.95. The molecule has 2 amide bonds. The maximum atomic E-state index is 12.8. The molecule has 6 heteroatoms. The van der Waals surface area contributed by atoms with E-state index in [1.54, 1.807) is 18.4 Å². The lowest BCUT2D eigenvalue weighted by Crippen LogP contribution is -2.39. The molecule has 3 rings (SSSR count). The van der Waals surface area contributed by atoms with Crippen LogP contribution in [0, 0.1) is 0 Å². The smallest absolute Gasteiger partial charge is 0.268 e. The highest BCUT2D eigenvalue weighted by atomic mass is 32.1. The molecule has 0 aliphatic carbocycles. The number of unbranched alkanes of at least 4 members (excludes halogenated alkanes) is 1. The predicted molar refractivity (Wildman–Crippen MR) is 109 cm³/mol. The first-order valence-corrected chi connectivity index (χ1v) is 10.2. The van der Waals surface area contributed by atoms with Crippen molar-refractivity contribution < 1.29 is 9.59 Å². The Morgan fingerprint density at radius 3 is 2.67 bits per heavy atom. The van der Waals surface area contributed by atoms with Crippen molar-refractivity contribution in [2.75, 3.05) is 7.05 Å². The molecule has 1 unspecified atom stereocenters. The summed E-state index contributed by atoms with van der Waals surface area (Å²) in [5.74, 6) is -0.285. The van der Waals surface area contributed by atoms with Gasteiger partial charge in [-0.3, -0.25) is 9.59 Å². The fourth-order valence-electron chi connectivity index (χ4n) is 3.08. The number of hydrogen-bond acceptors (Lipinski definition) is 4. The van der Waals surface area contributed by atoms with Crippen molar-refractivity contribution in [3.63, 3.8) is 0 Å². The van der Waals surface area contributed by atoms with Gasteiger partial charge in [-0.2, -0.15) is 5.10 Å². The Kier molecular flexibility index (Phi) is 6.40. The van der Waals surface area contributed by atoms with E-state index in [4.69, 9.17) is 0 Å². The summed E-state index contributed by atoms with van der Waals surface area (Å²) in [5, 5.41) is 10.5. The first-order valence-electron chi connectivity index (χ1n) is 9.35. The Labute approximate surface area is 164 Å². The molecule has 2 heterocycles. The number of rotatable bonds is 7. The average molecular weight is 384 g/mol. The molecule has 1 aliphatic rings. The Hall–Kier alpha value is -2.47. The van der Waals surface area contributed by atoms with Crippen LogP contribution in [-0.2, 0) is 16.0 Å². The third-order valence-electron chi connectivity index (χ3n) is 4.70. The number of benzene rings is 1. The first kappa shape index (κ1) is 19.3. The zero-order valence-corrected chi connectivity index (χ0v) is 16.6. The highest BCUT2D eigenvalue weighted by Crippen LogP contribution is 2.27. The molecular weight excluding hydrogens is 358 g/mol. The lowest BCUT2D eigenvalue weighted by molar-refractivity contribution is -0.130. The average Bonchev–Trinajstić information content (AvgIpc) is 3.21. The van der Waals surface area contributed by atoms with Gasteiger partial charge in [0.05, 0.1) is 6.04 Å². The maximum Gasteiger partial charge on any atom is 0.268 e. The molecular formula is C21H25N3O2S. The Bertz CT molecular complexity index is 812. The summed E-state index contributed by atoms with van der Waals surface area (Å²) in [6.45, 7) is 2.19. The molecule has 0 radical (unpaired) electrons. The second-order valence-corrected chi connectivity index (χ2v) is 7.71. The van der Waals surface area contributed by atoms with E-state index in [-0.39, 0.29) is 17.9 Å². The largest absolute Gasteiger partial charge is 0.339 e. The molecule has 142 valence electrons. The number of thiophene rings is 1. The molecule has 1 aromatic heterocycles. The van der Waals surface area contributed by atoms with Crippen LogP contribution in [0.4, 0.5) is 0 Å². The first-order chi connectivity index (χ1) is 13.1. The van der Waals surface area contributed by atoms with E-state index >= 15 is 0 Å². The SMILES string of the molecule is CCCCc1ccc(C(NC(=O)C2=NN(C)C(=O)CC2)c2cccs2)cc1. The Balaban J connectivity index is 1.79. The van der Waals surface area contributed by atoms with Crippen molar-refractivity contribution in [1.82, 2.24) is 10.3 Å². The van der Waals surface area contributed by atoms with Crippen molar-refractivity contribution >= 4 is 28.9 Å². The van der Waals surface area contributed by atoms with E-state index in [0.717, 1.165) is 16.9 Å². The standard InChI is InChI=1S/C21H25N3O2S/c1-3-4-6-15-8-10-16(11-9-15)20(18-7-5-14-27-18)22-21(26)17-12-13-19(25)24(2)23-17/h5,7-11,14,20H,3-4,6,12-13H2,1-2H3,(H,22,26). The van der Waals surface area contributed by atoms with Gasteiger partial charge in [-0.05, 0) is 35.4 Å². The molecule has 5 nitrogen and oxygen atoms in total. The molecule has 2 aromatic rings. The summed E-state index contributed by atoms with van der Waals surface area (Å²) < 4.78 is 0. The Morgan fingerprint density at radius 1 is 1.26 bits per heavy atom. The third kappa shape index (κ3) is 4.83. The van der Waals surface area contributed by atoms with Crippen LogP contribution in [0.15, 0.2) is 46.9 Å². The molecule has 1 aromatic carbocycles. The van der Waals surface area contributed by atoms with Crippen molar-refractivity contribution in [1.29, 1.82) is 0 Å². The highest BCUT2D eigenvalue weighted by molar-refractivity contribution is 7.10. The lowest BCUT2D eigenvalue weighted by Gasteiger charge is -2.22. The van der Waals surface area contributed by atoms with Crippen LogP contribution in [0.2, 0.25) is 0 Å². The van der Waals surface area contributed by atoms with Gasteiger partial charge in [0.1, 0.15) is 5.71 Å². The number of hydrazone groups is 1. The monoisotopic (exact) mass is 383 g/mol. The van der Waals surface area contributed by atoms with Crippen LogP contribution >= 0.6 is 11.3 Å². The molecule has 27 heavy (non-hydrogen) atoms. The van der Waals surface area contributed by atoms with E-state index in [9.17, 15) is 9.59 Å². The quantitative estimate of drug-likeness (QED) is 0.788. The number of carbonyl (C=O) groups excluding carboxylic acids is 2. The molecule has 0 saturated carbocycles. The summed E-state index contributed by atoms with van der Waals surface area (Å²) in [7, 11) is 1.58. The van der Waals surface area contributed by atoms with Crippen LogP contribution in [0.25, 0.3) is 0 Å². The maximum absolute atomic E-state index is 12.8. The summed E-state index contributed by atoms with van der Waals surface area (Å²) in [4.78, 5) is 25.4. The number of aryl methyl sites for hydroxylation is 1. The normalized spacial score (nSPS) is 15.4. The van der Waals surface area contributed by atoms with E-state index in [2.05, 4.69) is 41.6 Å². The summed E-state index contributed by atoms with van der Waals surface area (Å²) >= 11 is 1.61. The van der Waals surface area contributed by atoms with Crippen LogP contribution in [0.5, 0.6) is 0 Å². The van der Waals surface area contributed by atoms with Gasteiger partial charge < -0.3 is 5.32 Å². The molecule has 0 spiro atoms. The number of nitrogens with zero attached hydrogens (tertiary/aromatic N) is 2. The van der Waals surface area contributed by atoms with Gasteiger partial charge in [-0.1, -0.05) is 43.7 Å². The van der Waals surface area contributed by atoms with Gasteiger partial charge in [0, 0.05) is 24.8 Å². The van der Waals surface area contributed by atoms with Gasteiger partial charge >= 0.3 is 0 Å². The van der Waals surface area contributed by atoms with E-state index in [1.807, 2.05) is 17.5 Å². The zero-order chi connectivity index (χ0) is 19.2. The number of carbonyl (C=O) groups is 2. The van der Waals surface area contributed by atoms with Crippen molar-refractivity contribution in [3.8, 4) is 0 Å². The van der Waals surface area contributed by atoms with Crippen molar-refractivity contribution in [3.05, 3.63) is 57.8 Å². The van der Waals surface area contributed by atoms with Crippen LogP contribution < -0.4 is 5.32 Å². The van der Waals surface area contributed by atoms with Crippen molar-refractivity contribution in [2.24, 2.45) is 5.10 Å². The van der Waals surface area contributed by atoms with Gasteiger partial charge in [0.2, 0.25) is 5.91 Å². The third-order valence-corrected chi connectivity index (χ3v) is 5.64. The van der Waals surface area contributed by atoms with Crippen LogP contribution in [0.1, 0.15) is 54.7 Å². The van der Waals surface area contributed by atoms with Crippen molar-refractivity contribution in [2.45, 2.75) is 45.1 Å². The highest BCUT2D eigenvalue weighted by Gasteiger charge is 2.25. The van der Waals surface area contributed by atoms with E-state index < -0.39 is 0 Å². The lowest BCUT2D eigenvalue weighted by atomic mass is 10.0. The fraction of sp³-hybridized carbons (Fsp3) is 0.381. The molecule has 1 N–H and O–H groups in total. The summed E-state index contributed by atoms with van der Waals surface area (Å²) in [6.07, 6.45) is 4.12. The van der Waals surface area contributed by atoms with E-state index in [1.165, 1.54) is 23.4 Å². The van der Waals surface area contributed by atoms with Crippen LogP contribution in [0.3, 0.4) is 0 Å². The fourth-order valence-corrected chi connectivity index (χ4v) is 3.88. The van der Waals surface area contributed by atoms with Gasteiger partial charge in [0.25, 0.3) is 5.91 Å². The van der Waals surface area contributed by atoms with Gasteiger partial charge in [0.15, 0.2) is 0 Å². The minimum Gasteiger partial charge on any atom is -0.339 e.